The van der Waals surface area contributed by atoms with Crippen molar-refractivity contribution in [2.24, 2.45) is 0 Å². The second kappa shape index (κ2) is 5.62. The Kier molecular flexibility index (Phi) is 4.45. The number of amides is 1. The molecule has 0 aliphatic rings. The standard InChI is InChI=1S/C10H13BFNO3/c1-2-5-13-10(14)7-3-4-8(11(15)16)9(12)6-7/h3-4,6,15-16H,2,5H2,1H3,(H,13,14). The molecule has 0 saturated carbocycles. The van der Waals surface area contributed by atoms with Crippen LogP contribution in [-0.4, -0.2) is 29.6 Å². The van der Waals surface area contributed by atoms with Gasteiger partial charge in [-0.05, 0) is 18.6 Å². The minimum atomic E-state index is -1.87. The van der Waals surface area contributed by atoms with Gasteiger partial charge in [0.15, 0.2) is 0 Å². The molecule has 0 aromatic heterocycles. The van der Waals surface area contributed by atoms with E-state index < -0.39 is 12.9 Å². The highest BCUT2D eigenvalue weighted by Gasteiger charge is 2.17. The molecular formula is C10H13BFNO3. The average molecular weight is 225 g/mol. The van der Waals surface area contributed by atoms with Crippen molar-refractivity contribution in [3.8, 4) is 0 Å². The molecule has 4 nitrogen and oxygen atoms in total. The maximum atomic E-state index is 13.3. The number of carbonyl (C=O) groups is 1. The lowest BCUT2D eigenvalue weighted by Gasteiger charge is -2.06. The normalized spacial score (nSPS) is 10.0. The predicted molar refractivity (Wildman–Crippen MR) is 58.8 cm³/mol. The summed E-state index contributed by atoms with van der Waals surface area (Å²) in [6.07, 6.45) is 0.793. The van der Waals surface area contributed by atoms with Crippen LogP contribution in [0.25, 0.3) is 0 Å². The van der Waals surface area contributed by atoms with Crippen LogP contribution < -0.4 is 10.8 Å². The highest BCUT2D eigenvalue weighted by molar-refractivity contribution is 6.58. The van der Waals surface area contributed by atoms with Crippen molar-refractivity contribution >= 4 is 18.5 Å². The molecule has 1 amide bonds. The Morgan fingerprint density at radius 1 is 1.50 bits per heavy atom. The zero-order valence-corrected chi connectivity index (χ0v) is 8.90. The van der Waals surface area contributed by atoms with Gasteiger partial charge in [-0.1, -0.05) is 13.0 Å². The third-order valence-corrected chi connectivity index (χ3v) is 2.08. The predicted octanol–water partition coefficient (Wildman–Crippen LogP) is -0.355. The third kappa shape index (κ3) is 3.05. The fourth-order valence-electron chi connectivity index (χ4n) is 1.22. The van der Waals surface area contributed by atoms with E-state index in [1.54, 1.807) is 0 Å². The Morgan fingerprint density at radius 3 is 2.69 bits per heavy atom. The zero-order valence-electron chi connectivity index (χ0n) is 8.90. The number of rotatable bonds is 4. The smallest absolute Gasteiger partial charge is 0.423 e. The van der Waals surface area contributed by atoms with E-state index in [1.807, 2.05) is 6.92 Å². The van der Waals surface area contributed by atoms with E-state index in [0.29, 0.717) is 6.54 Å². The van der Waals surface area contributed by atoms with Crippen LogP contribution in [0, 0.1) is 5.82 Å². The van der Waals surface area contributed by atoms with E-state index in [4.69, 9.17) is 10.0 Å². The Bertz CT molecular complexity index is 384. The van der Waals surface area contributed by atoms with E-state index in [9.17, 15) is 9.18 Å². The monoisotopic (exact) mass is 225 g/mol. The van der Waals surface area contributed by atoms with Crippen molar-refractivity contribution < 1.29 is 19.2 Å². The molecule has 3 N–H and O–H groups in total. The van der Waals surface area contributed by atoms with E-state index in [0.717, 1.165) is 12.5 Å². The molecule has 0 saturated heterocycles. The van der Waals surface area contributed by atoms with Crippen LogP contribution >= 0.6 is 0 Å². The molecule has 0 unspecified atom stereocenters. The molecule has 0 spiro atoms. The van der Waals surface area contributed by atoms with E-state index >= 15 is 0 Å². The summed E-state index contributed by atoms with van der Waals surface area (Å²) in [5.74, 6) is -1.18. The minimum absolute atomic E-state index is 0.162. The molecule has 0 atom stereocenters. The van der Waals surface area contributed by atoms with Crippen LogP contribution in [0.3, 0.4) is 0 Å². The number of carbonyl (C=O) groups excluding carboxylic acids is 1. The number of nitrogens with one attached hydrogen (secondary N) is 1. The summed E-state index contributed by atoms with van der Waals surface area (Å²) in [5, 5.41) is 20.2. The largest absolute Gasteiger partial charge is 0.491 e. The lowest BCUT2D eigenvalue weighted by molar-refractivity contribution is 0.0953. The number of halogens is 1. The Hall–Kier alpha value is -1.40. The van der Waals surface area contributed by atoms with E-state index in [2.05, 4.69) is 5.32 Å². The van der Waals surface area contributed by atoms with Gasteiger partial charge in [0.05, 0.1) is 0 Å². The summed E-state index contributed by atoms with van der Waals surface area (Å²) in [7, 11) is -1.87. The minimum Gasteiger partial charge on any atom is -0.423 e. The SMILES string of the molecule is CCCNC(=O)c1ccc(B(O)O)c(F)c1. The van der Waals surface area contributed by atoms with Gasteiger partial charge in [0.1, 0.15) is 5.82 Å². The molecule has 16 heavy (non-hydrogen) atoms. The van der Waals surface area contributed by atoms with Crippen LogP contribution in [0.2, 0.25) is 0 Å². The highest BCUT2D eigenvalue weighted by Crippen LogP contribution is 2.02. The summed E-state index contributed by atoms with van der Waals surface area (Å²) in [6.45, 7) is 2.43. The Morgan fingerprint density at radius 2 is 2.19 bits per heavy atom. The second-order valence-electron chi connectivity index (χ2n) is 3.37. The first kappa shape index (κ1) is 12.7. The number of hydrogen-bond acceptors (Lipinski definition) is 3. The fraction of sp³-hybridized carbons (Fsp3) is 0.300. The van der Waals surface area contributed by atoms with Crippen molar-refractivity contribution in [3.05, 3.63) is 29.6 Å². The van der Waals surface area contributed by atoms with Gasteiger partial charge in [-0.3, -0.25) is 4.79 Å². The molecule has 0 radical (unpaired) electrons. The molecule has 0 aliphatic heterocycles. The summed E-state index contributed by atoms with van der Waals surface area (Å²) < 4.78 is 13.3. The van der Waals surface area contributed by atoms with Crippen LogP contribution in [0.5, 0.6) is 0 Å². The van der Waals surface area contributed by atoms with Gasteiger partial charge in [-0.25, -0.2) is 4.39 Å². The lowest BCUT2D eigenvalue weighted by atomic mass is 9.79. The van der Waals surface area contributed by atoms with E-state index in [-0.39, 0.29) is 16.9 Å². The zero-order chi connectivity index (χ0) is 12.1. The molecule has 1 rings (SSSR count). The van der Waals surface area contributed by atoms with Crippen LogP contribution in [0.15, 0.2) is 18.2 Å². The Labute approximate surface area is 93.2 Å². The summed E-state index contributed by atoms with van der Waals surface area (Å²) in [6, 6.07) is 3.52. The van der Waals surface area contributed by atoms with Crippen molar-refractivity contribution in [2.45, 2.75) is 13.3 Å². The molecule has 0 heterocycles. The Balaban J connectivity index is 2.84. The van der Waals surface area contributed by atoms with Crippen molar-refractivity contribution in [2.75, 3.05) is 6.54 Å². The molecule has 1 aromatic carbocycles. The van der Waals surface area contributed by atoms with Gasteiger partial charge in [0.2, 0.25) is 0 Å². The average Bonchev–Trinajstić information content (AvgIpc) is 2.25. The lowest BCUT2D eigenvalue weighted by Crippen LogP contribution is -2.33. The molecule has 1 aromatic rings. The van der Waals surface area contributed by atoms with Crippen LogP contribution in [0.1, 0.15) is 23.7 Å². The molecule has 0 aliphatic carbocycles. The van der Waals surface area contributed by atoms with Gasteiger partial charge in [-0.15, -0.1) is 0 Å². The molecule has 0 bridgehead atoms. The second-order valence-corrected chi connectivity index (χ2v) is 3.37. The third-order valence-electron chi connectivity index (χ3n) is 2.08. The fourth-order valence-corrected chi connectivity index (χ4v) is 1.22. The summed E-state index contributed by atoms with van der Waals surface area (Å²) >= 11 is 0. The molecule has 6 heteroatoms. The maximum Gasteiger partial charge on any atom is 0.491 e. The van der Waals surface area contributed by atoms with Gasteiger partial charge in [-0.2, -0.15) is 0 Å². The maximum absolute atomic E-state index is 13.3. The first-order chi connectivity index (χ1) is 7.56. The van der Waals surface area contributed by atoms with Crippen LogP contribution in [-0.2, 0) is 0 Å². The summed E-state index contributed by atoms with van der Waals surface area (Å²) in [4.78, 5) is 11.4. The van der Waals surface area contributed by atoms with Crippen molar-refractivity contribution in [1.29, 1.82) is 0 Å². The quantitative estimate of drug-likeness (QED) is 0.613. The molecule has 0 fully saturated rings. The van der Waals surface area contributed by atoms with Crippen molar-refractivity contribution in [1.82, 2.24) is 5.32 Å². The first-order valence-corrected chi connectivity index (χ1v) is 5.00. The molecule has 86 valence electrons. The number of hydrogen-bond donors (Lipinski definition) is 3. The van der Waals surface area contributed by atoms with Gasteiger partial charge < -0.3 is 15.4 Å². The highest BCUT2D eigenvalue weighted by atomic mass is 19.1. The van der Waals surface area contributed by atoms with Crippen molar-refractivity contribution in [3.63, 3.8) is 0 Å². The molecular weight excluding hydrogens is 212 g/mol. The number of benzene rings is 1. The van der Waals surface area contributed by atoms with Gasteiger partial charge in [0, 0.05) is 17.6 Å². The van der Waals surface area contributed by atoms with Gasteiger partial charge in [0.25, 0.3) is 5.91 Å². The first-order valence-electron chi connectivity index (χ1n) is 5.00. The van der Waals surface area contributed by atoms with Gasteiger partial charge >= 0.3 is 7.12 Å². The van der Waals surface area contributed by atoms with Crippen LogP contribution in [0.4, 0.5) is 4.39 Å². The summed E-state index contributed by atoms with van der Waals surface area (Å²) in [5.41, 5.74) is -0.0811. The van der Waals surface area contributed by atoms with E-state index in [1.165, 1.54) is 12.1 Å². The topological polar surface area (TPSA) is 69.6 Å².